The molecule has 90 valence electrons. The lowest BCUT2D eigenvalue weighted by molar-refractivity contribution is -0.0990. The predicted molar refractivity (Wildman–Crippen MR) is 57.4 cm³/mol. The third kappa shape index (κ3) is 2.58. The highest BCUT2D eigenvalue weighted by Crippen LogP contribution is 2.32. The van der Waals surface area contributed by atoms with Crippen molar-refractivity contribution in [2.45, 2.75) is 25.8 Å². The fourth-order valence-corrected chi connectivity index (χ4v) is 2.04. The van der Waals surface area contributed by atoms with Gasteiger partial charge in [0.25, 0.3) is 5.92 Å². The van der Waals surface area contributed by atoms with E-state index in [2.05, 4.69) is 9.88 Å². The molecule has 1 unspecified atom stereocenters. The summed E-state index contributed by atoms with van der Waals surface area (Å²) in [5.41, 5.74) is 0. The van der Waals surface area contributed by atoms with E-state index >= 15 is 0 Å². The Balaban J connectivity index is 1.80. The summed E-state index contributed by atoms with van der Waals surface area (Å²) in [6.45, 7) is 4.24. The third-order valence-electron chi connectivity index (χ3n) is 3.25. The van der Waals surface area contributed by atoms with Crippen LogP contribution in [0.3, 0.4) is 0 Å². The zero-order valence-corrected chi connectivity index (χ0v) is 9.44. The van der Waals surface area contributed by atoms with Crippen LogP contribution >= 0.6 is 0 Å². The van der Waals surface area contributed by atoms with Crippen LogP contribution < -0.4 is 0 Å². The minimum absolute atomic E-state index is 0.0158. The standard InChI is InChI=1S/C11H17F2N3/c1-10-8-15(4-2-11(10,12)13)6-7-16-5-3-14-9-16/h3,5,9-10H,2,4,6-8H2,1H3. The van der Waals surface area contributed by atoms with Crippen LogP contribution in [0.15, 0.2) is 18.7 Å². The molecule has 1 aromatic rings. The number of halogens is 2. The molecule has 0 amide bonds. The molecule has 0 saturated carbocycles. The summed E-state index contributed by atoms with van der Waals surface area (Å²) in [4.78, 5) is 6.05. The lowest BCUT2D eigenvalue weighted by Crippen LogP contribution is -2.46. The average molecular weight is 229 g/mol. The third-order valence-corrected chi connectivity index (χ3v) is 3.25. The predicted octanol–water partition coefficient (Wildman–Crippen LogP) is 1.86. The number of rotatable bonds is 3. The van der Waals surface area contributed by atoms with Crippen LogP contribution in [0.1, 0.15) is 13.3 Å². The molecule has 0 N–H and O–H groups in total. The van der Waals surface area contributed by atoms with Gasteiger partial charge in [-0.05, 0) is 0 Å². The first-order valence-electron chi connectivity index (χ1n) is 5.64. The van der Waals surface area contributed by atoms with Crippen LogP contribution in [-0.4, -0.2) is 40.0 Å². The van der Waals surface area contributed by atoms with Gasteiger partial charge in [0.1, 0.15) is 0 Å². The molecule has 1 aliphatic rings. The summed E-state index contributed by atoms with van der Waals surface area (Å²) in [6.07, 6.45) is 5.36. The topological polar surface area (TPSA) is 21.1 Å². The van der Waals surface area contributed by atoms with E-state index in [-0.39, 0.29) is 6.42 Å². The second kappa shape index (κ2) is 4.49. The van der Waals surface area contributed by atoms with E-state index in [1.807, 2.05) is 10.8 Å². The molecule has 3 nitrogen and oxygen atoms in total. The van der Waals surface area contributed by atoms with Crippen LogP contribution in [0.5, 0.6) is 0 Å². The van der Waals surface area contributed by atoms with Crippen molar-refractivity contribution in [1.82, 2.24) is 14.5 Å². The molecule has 1 aromatic heterocycles. The van der Waals surface area contributed by atoms with Gasteiger partial charge < -0.3 is 9.47 Å². The van der Waals surface area contributed by atoms with Crippen molar-refractivity contribution in [1.29, 1.82) is 0 Å². The number of likely N-dealkylation sites (tertiary alicyclic amines) is 1. The van der Waals surface area contributed by atoms with Gasteiger partial charge in [-0.15, -0.1) is 0 Å². The maximum absolute atomic E-state index is 13.2. The van der Waals surface area contributed by atoms with E-state index in [1.165, 1.54) is 0 Å². The first-order chi connectivity index (χ1) is 7.58. The molecule has 0 aromatic carbocycles. The van der Waals surface area contributed by atoms with E-state index in [0.29, 0.717) is 13.1 Å². The van der Waals surface area contributed by atoms with Crippen LogP contribution in [0.2, 0.25) is 0 Å². The molecule has 2 rings (SSSR count). The van der Waals surface area contributed by atoms with E-state index < -0.39 is 11.8 Å². The van der Waals surface area contributed by atoms with Gasteiger partial charge in [-0.25, -0.2) is 13.8 Å². The van der Waals surface area contributed by atoms with E-state index in [4.69, 9.17) is 0 Å². The summed E-state index contributed by atoms with van der Waals surface area (Å²) < 4.78 is 28.5. The van der Waals surface area contributed by atoms with Crippen molar-refractivity contribution in [2.75, 3.05) is 19.6 Å². The van der Waals surface area contributed by atoms with E-state index in [9.17, 15) is 8.78 Å². The highest BCUT2D eigenvalue weighted by molar-refractivity contribution is 4.84. The lowest BCUT2D eigenvalue weighted by atomic mass is 9.95. The monoisotopic (exact) mass is 229 g/mol. The highest BCUT2D eigenvalue weighted by atomic mass is 19.3. The van der Waals surface area contributed by atoms with Gasteiger partial charge in [0.15, 0.2) is 0 Å². The minimum atomic E-state index is -2.48. The largest absolute Gasteiger partial charge is 0.336 e. The molecule has 0 aliphatic carbocycles. The van der Waals surface area contributed by atoms with Crippen molar-refractivity contribution in [3.8, 4) is 0 Å². The zero-order valence-electron chi connectivity index (χ0n) is 9.44. The fraction of sp³-hybridized carbons (Fsp3) is 0.727. The Morgan fingerprint density at radius 1 is 1.44 bits per heavy atom. The number of hydrogen-bond donors (Lipinski definition) is 0. The van der Waals surface area contributed by atoms with E-state index in [0.717, 1.165) is 13.1 Å². The summed E-state index contributed by atoms with van der Waals surface area (Å²) in [7, 11) is 0. The number of piperidine rings is 1. The van der Waals surface area contributed by atoms with Gasteiger partial charge >= 0.3 is 0 Å². The average Bonchev–Trinajstić information content (AvgIpc) is 2.73. The molecule has 1 saturated heterocycles. The molecular weight excluding hydrogens is 212 g/mol. The van der Waals surface area contributed by atoms with Gasteiger partial charge in [0.2, 0.25) is 0 Å². The molecule has 0 bridgehead atoms. The van der Waals surface area contributed by atoms with Crippen LogP contribution in [0.25, 0.3) is 0 Å². The quantitative estimate of drug-likeness (QED) is 0.789. The molecular formula is C11H17F2N3. The summed E-state index contributed by atoms with van der Waals surface area (Å²) >= 11 is 0. The fourth-order valence-electron chi connectivity index (χ4n) is 2.04. The zero-order chi connectivity index (χ0) is 11.6. The van der Waals surface area contributed by atoms with Gasteiger partial charge in [-0.1, -0.05) is 6.92 Å². The Bertz CT molecular complexity index is 324. The SMILES string of the molecule is CC1CN(CCn2ccnc2)CCC1(F)F. The number of alkyl halides is 2. The highest BCUT2D eigenvalue weighted by Gasteiger charge is 2.40. The van der Waals surface area contributed by atoms with Gasteiger partial charge in [-0.2, -0.15) is 0 Å². The van der Waals surface area contributed by atoms with Crippen LogP contribution in [-0.2, 0) is 6.54 Å². The first kappa shape index (κ1) is 11.5. The summed E-state index contributed by atoms with van der Waals surface area (Å²) in [6, 6.07) is 0. The summed E-state index contributed by atoms with van der Waals surface area (Å²) in [5, 5.41) is 0. The lowest BCUT2D eigenvalue weighted by Gasteiger charge is -2.36. The van der Waals surface area contributed by atoms with Crippen molar-refractivity contribution in [2.24, 2.45) is 5.92 Å². The summed E-state index contributed by atoms with van der Waals surface area (Å²) in [5.74, 6) is -3.02. The Labute approximate surface area is 94.1 Å². The molecule has 1 aliphatic heterocycles. The smallest absolute Gasteiger partial charge is 0.253 e. The number of aromatic nitrogens is 2. The van der Waals surface area contributed by atoms with E-state index in [1.54, 1.807) is 19.4 Å². The second-order valence-electron chi connectivity index (χ2n) is 4.51. The van der Waals surface area contributed by atoms with Crippen molar-refractivity contribution in [3.05, 3.63) is 18.7 Å². The molecule has 16 heavy (non-hydrogen) atoms. The van der Waals surface area contributed by atoms with Crippen molar-refractivity contribution < 1.29 is 8.78 Å². The Morgan fingerprint density at radius 3 is 2.88 bits per heavy atom. The molecule has 2 heterocycles. The minimum Gasteiger partial charge on any atom is -0.336 e. The van der Waals surface area contributed by atoms with Crippen LogP contribution in [0, 0.1) is 5.92 Å². The van der Waals surface area contributed by atoms with Crippen LogP contribution in [0.4, 0.5) is 8.78 Å². The molecule has 1 atom stereocenters. The number of hydrogen-bond acceptors (Lipinski definition) is 2. The van der Waals surface area contributed by atoms with Crippen molar-refractivity contribution in [3.63, 3.8) is 0 Å². The maximum atomic E-state index is 13.2. The number of nitrogens with zero attached hydrogens (tertiary/aromatic N) is 3. The van der Waals surface area contributed by atoms with Gasteiger partial charge in [-0.3, -0.25) is 0 Å². The van der Waals surface area contributed by atoms with Gasteiger partial charge in [0.05, 0.1) is 6.33 Å². The molecule has 0 radical (unpaired) electrons. The Hall–Kier alpha value is -0.970. The maximum Gasteiger partial charge on any atom is 0.253 e. The van der Waals surface area contributed by atoms with Crippen molar-refractivity contribution >= 4 is 0 Å². The Kier molecular flexibility index (Phi) is 3.23. The molecule has 1 fully saturated rings. The first-order valence-corrected chi connectivity index (χ1v) is 5.64. The second-order valence-corrected chi connectivity index (χ2v) is 4.51. The number of imidazole rings is 1. The molecule has 0 spiro atoms. The Morgan fingerprint density at radius 2 is 2.25 bits per heavy atom. The van der Waals surface area contributed by atoms with Gasteiger partial charge in [0, 0.05) is 50.9 Å². The molecule has 5 heteroatoms. The normalized spacial score (nSPS) is 25.8.